The van der Waals surface area contributed by atoms with Crippen LogP contribution in [0.15, 0.2) is 24.3 Å². The summed E-state index contributed by atoms with van der Waals surface area (Å²) in [6.45, 7) is 14.9. The van der Waals surface area contributed by atoms with Crippen LogP contribution in [0.3, 0.4) is 0 Å². The molecule has 11 heteroatoms. The molecule has 200 valence electrons. The van der Waals surface area contributed by atoms with E-state index in [1.165, 1.54) is 0 Å². The third-order valence-electron chi connectivity index (χ3n) is 7.53. The molecule has 0 radical (unpaired) electrons. The number of nitrogens with one attached hydrogen (secondary N) is 2. The van der Waals surface area contributed by atoms with Crippen molar-refractivity contribution < 1.29 is 14.5 Å². The van der Waals surface area contributed by atoms with Gasteiger partial charge in [0.05, 0.1) is 11.5 Å². The second-order valence-corrected chi connectivity index (χ2v) is 9.92. The molecule has 0 atom stereocenters. The summed E-state index contributed by atoms with van der Waals surface area (Å²) in [5.74, 6) is 0. The Morgan fingerprint density at radius 3 is 2.17 bits per heavy atom. The average Bonchev–Trinajstić information content (AvgIpc) is 2.84. The second kappa shape index (κ2) is 13.2. The van der Waals surface area contributed by atoms with Gasteiger partial charge in [-0.05, 0) is 18.6 Å². The number of rotatable bonds is 7. The van der Waals surface area contributed by atoms with E-state index < -0.39 is 0 Å². The monoisotopic (exact) mass is 503 g/mol. The molecule has 0 unspecified atom stereocenters. The lowest BCUT2D eigenvalue weighted by molar-refractivity contribution is -0.384. The summed E-state index contributed by atoms with van der Waals surface area (Å²) in [5, 5.41) is 17.2. The maximum atomic E-state index is 11.7. The molecule has 5 rings (SSSR count). The van der Waals surface area contributed by atoms with Crippen LogP contribution in [0, 0.1) is 10.1 Å². The molecule has 1 aromatic rings. The van der Waals surface area contributed by atoms with E-state index in [9.17, 15) is 14.9 Å². The smallest absolute Gasteiger partial charge is 0.409 e. The summed E-state index contributed by atoms with van der Waals surface area (Å²) in [5.41, 5.74) is 1.24. The largest absolute Gasteiger partial charge is 0.449 e. The van der Waals surface area contributed by atoms with Crippen LogP contribution in [0.25, 0.3) is 0 Å². The number of nitrogens with zero attached hydrogens (tertiary/aromatic N) is 5. The lowest BCUT2D eigenvalue weighted by atomic mass is 10.0. The van der Waals surface area contributed by atoms with Gasteiger partial charge in [-0.25, -0.2) is 4.79 Å². The Bertz CT molecular complexity index is 831. The highest BCUT2D eigenvalue weighted by Gasteiger charge is 2.32. The summed E-state index contributed by atoms with van der Waals surface area (Å²) in [6.07, 6.45) is 1.89. The first-order chi connectivity index (χ1) is 17.5. The van der Waals surface area contributed by atoms with Crippen LogP contribution in [0.5, 0.6) is 0 Å². The van der Waals surface area contributed by atoms with Crippen molar-refractivity contribution in [1.29, 1.82) is 0 Å². The lowest BCUT2D eigenvalue weighted by Crippen LogP contribution is -2.62. The predicted molar refractivity (Wildman–Crippen MR) is 140 cm³/mol. The number of benzene rings is 1. The minimum absolute atomic E-state index is 0.134. The van der Waals surface area contributed by atoms with E-state index in [0.717, 1.165) is 97.1 Å². The molecular weight excluding hydrogens is 462 g/mol. The van der Waals surface area contributed by atoms with Gasteiger partial charge in [0, 0.05) is 108 Å². The van der Waals surface area contributed by atoms with Gasteiger partial charge < -0.3 is 25.2 Å². The number of piperazine rings is 2. The SMILES string of the molecule is CCCCOC(=O)N1CCN(C2CNC2)CC1.O=[N+]([O-])c1ccc(N2CC(N3CCNCC3)C2)cc1. The lowest BCUT2D eigenvalue weighted by Gasteiger charge is -2.47. The number of amides is 1. The van der Waals surface area contributed by atoms with Gasteiger partial charge in [-0.2, -0.15) is 0 Å². The van der Waals surface area contributed by atoms with Crippen molar-refractivity contribution in [2.75, 3.05) is 90.0 Å². The van der Waals surface area contributed by atoms with Crippen LogP contribution in [0.1, 0.15) is 19.8 Å². The van der Waals surface area contributed by atoms with Gasteiger partial charge in [-0.3, -0.25) is 19.9 Å². The van der Waals surface area contributed by atoms with Crippen LogP contribution < -0.4 is 15.5 Å². The van der Waals surface area contributed by atoms with Crippen molar-refractivity contribution in [3.8, 4) is 0 Å². The Labute approximate surface area is 213 Å². The third kappa shape index (κ3) is 7.06. The van der Waals surface area contributed by atoms with Gasteiger partial charge in [-0.1, -0.05) is 13.3 Å². The van der Waals surface area contributed by atoms with Crippen LogP contribution in [-0.4, -0.2) is 123 Å². The first-order valence-corrected chi connectivity index (χ1v) is 13.4. The maximum absolute atomic E-state index is 11.7. The summed E-state index contributed by atoms with van der Waals surface area (Å²) in [4.78, 5) is 31.0. The Hall–Kier alpha value is -2.47. The second-order valence-electron chi connectivity index (χ2n) is 9.92. The van der Waals surface area contributed by atoms with E-state index in [1.54, 1.807) is 12.1 Å². The number of nitro benzene ring substituents is 1. The Kier molecular flexibility index (Phi) is 9.74. The van der Waals surface area contributed by atoms with E-state index in [1.807, 2.05) is 17.0 Å². The molecule has 0 aromatic heterocycles. The quantitative estimate of drug-likeness (QED) is 0.322. The molecule has 1 aromatic carbocycles. The first-order valence-electron chi connectivity index (χ1n) is 13.4. The zero-order valence-electron chi connectivity index (χ0n) is 21.4. The number of carbonyl (C=O) groups excluding carboxylic acids is 1. The van der Waals surface area contributed by atoms with Crippen molar-refractivity contribution in [3.63, 3.8) is 0 Å². The summed E-state index contributed by atoms with van der Waals surface area (Å²) in [6, 6.07) is 8.16. The van der Waals surface area contributed by atoms with Crippen LogP contribution in [0.4, 0.5) is 16.2 Å². The predicted octanol–water partition coefficient (Wildman–Crippen LogP) is 1.20. The van der Waals surface area contributed by atoms with Crippen molar-refractivity contribution in [2.24, 2.45) is 0 Å². The van der Waals surface area contributed by atoms with Crippen molar-refractivity contribution in [3.05, 3.63) is 34.4 Å². The highest BCUT2D eigenvalue weighted by molar-refractivity contribution is 5.67. The van der Waals surface area contributed by atoms with Crippen LogP contribution >= 0.6 is 0 Å². The van der Waals surface area contributed by atoms with Gasteiger partial charge >= 0.3 is 6.09 Å². The maximum Gasteiger partial charge on any atom is 0.409 e. The van der Waals surface area contributed by atoms with Gasteiger partial charge in [0.25, 0.3) is 5.69 Å². The number of nitro groups is 1. The summed E-state index contributed by atoms with van der Waals surface area (Å²) >= 11 is 0. The number of carbonyl (C=O) groups is 1. The number of hydrogen-bond acceptors (Lipinski definition) is 9. The number of hydrogen-bond donors (Lipinski definition) is 2. The van der Waals surface area contributed by atoms with Gasteiger partial charge in [0.2, 0.25) is 0 Å². The molecule has 4 fully saturated rings. The molecule has 4 aliphatic rings. The zero-order valence-corrected chi connectivity index (χ0v) is 21.4. The van der Waals surface area contributed by atoms with Gasteiger partial charge in [0.15, 0.2) is 0 Å². The fourth-order valence-corrected chi connectivity index (χ4v) is 4.93. The number of non-ortho nitro benzene ring substituents is 1. The summed E-state index contributed by atoms with van der Waals surface area (Å²) in [7, 11) is 0. The number of unbranched alkanes of at least 4 members (excludes halogenated alkanes) is 1. The number of anilines is 1. The molecule has 2 N–H and O–H groups in total. The topological polar surface area (TPSA) is 106 Å². The molecule has 11 nitrogen and oxygen atoms in total. The summed E-state index contributed by atoms with van der Waals surface area (Å²) < 4.78 is 5.21. The molecule has 0 saturated carbocycles. The molecule has 4 aliphatic heterocycles. The van der Waals surface area contributed by atoms with Crippen molar-refractivity contribution in [2.45, 2.75) is 31.8 Å². The molecule has 0 spiro atoms. The third-order valence-corrected chi connectivity index (χ3v) is 7.53. The normalized spacial score (nSPS) is 21.7. The minimum Gasteiger partial charge on any atom is -0.449 e. The molecule has 4 saturated heterocycles. The van der Waals surface area contributed by atoms with E-state index in [2.05, 4.69) is 32.3 Å². The van der Waals surface area contributed by atoms with Gasteiger partial charge in [-0.15, -0.1) is 0 Å². The first kappa shape index (κ1) is 26.6. The Morgan fingerprint density at radius 1 is 0.972 bits per heavy atom. The van der Waals surface area contributed by atoms with E-state index in [-0.39, 0.29) is 16.7 Å². The fraction of sp³-hybridized carbons (Fsp3) is 0.720. The van der Waals surface area contributed by atoms with E-state index in [4.69, 9.17) is 4.74 Å². The molecule has 0 bridgehead atoms. The fourth-order valence-electron chi connectivity index (χ4n) is 4.93. The highest BCUT2D eigenvalue weighted by atomic mass is 16.6. The molecular formula is C25H41N7O4. The van der Waals surface area contributed by atoms with Crippen molar-refractivity contribution in [1.82, 2.24) is 25.3 Å². The molecule has 0 aliphatic carbocycles. The number of ether oxygens (including phenoxy) is 1. The molecule has 36 heavy (non-hydrogen) atoms. The van der Waals surface area contributed by atoms with Crippen molar-refractivity contribution >= 4 is 17.5 Å². The van der Waals surface area contributed by atoms with Gasteiger partial charge in [0.1, 0.15) is 0 Å². The molecule has 1 amide bonds. The Morgan fingerprint density at radius 2 is 1.61 bits per heavy atom. The van der Waals surface area contributed by atoms with Crippen LogP contribution in [-0.2, 0) is 4.74 Å². The molecule has 4 heterocycles. The highest BCUT2D eigenvalue weighted by Crippen LogP contribution is 2.25. The minimum atomic E-state index is -0.358. The zero-order chi connectivity index (χ0) is 25.3. The Balaban J connectivity index is 0.000000170. The van der Waals surface area contributed by atoms with E-state index >= 15 is 0 Å². The average molecular weight is 504 g/mol. The van der Waals surface area contributed by atoms with Crippen LogP contribution in [0.2, 0.25) is 0 Å². The standard InChI is InChI=1S/C13H18N4O2.C12H23N3O2/c18-17(19)12-3-1-11(2-4-12)16-9-13(10-16)15-7-5-14-6-8-15;1-2-3-8-17-12(16)15-6-4-14(5-7-15)11-9-13-10-11/h1-4,13-14H,5-10H2;11,13H,2-10H2,1H3. The van der Waals surface area contributed by atoms with E-state index in [0.29, 0.717) is 18.7 Å².